The van der Waals surface area contributed by atoms with Gasteiger partial charge in [0.1, 0.15) is 17.7 Å². The van der Waals surface area contributed by atoms with Gasteiger partial charge in [-0.1, -0.05) is 12.8 Å². The van der Waals surface area contributed by atoms with Gasteiger partial charge in [0.05, 0.1) is 0 Å². The van der Waals surface area contributed by atoms with E-state index in [1.165, 1.54) is 6.07 Å². The second-order valence-corrected chi connectivity index (χ2v) is 6.11. The van der Waals surface area contributed by atoms with Gasteiger partial charge >= 0.3 is 5.97 Å². The summed E-state index contributed by atoms with van der Waals surface area (Å²) < 4.78 is 27.1. The van der Waals surface area contributed by atoms with Crippen LogP contribution in [0.3, 0.4) is 0 Å². The van der Waals surface area contributed by atoms with Crippen LogP contribution in [0.1, 0.15) is 37.7 Å². The molecule has 2 aliphatic rings. The molecular weight excluding hydrogens is 276 g/mol. The van der Waals surface area contributed by atoms with Crippen molar-refractivity contribution in [3.8, 4) is 0 Å². The van der Waals surface area contributed by atoms with Gasteiger partial charge < -0.3 is 5.11 Å². The molecule has 3 nitrogen and oxygen atoms in total. The maximum atomic E-state index is 13.8. The van der Waals surface area contributed by atoms with Crippen LogP contribution in [0.5, 0.6) is 0 Å². The van der Waals surface area contributed by atoms with Gasteiger partial charge in [-0.3, -0.25) is 9.69 Å². The van der Waals surface area contributed by atoms with E-state index in [1.54, 1.807) is 0 Å². The number of benzene rings is 1. The van der Waals surface area contributed by atoms with Crippen LogP contribution in [0.2, 0.25) is 0 Å². The first kappa shape index (κ1) is 14.4. The molecule has 0 unspecified atom stereocenters. The minimum atomic E-state index is -0.860. The zero-order valence-electron chi connectivity index (χ0n) is 11.8. The van der Waals surface area contributed by atoms with Gasteiger partial charge in [0.15, 0.2) is 0 Å². The zero-order valence-corrected chi connectivity index (χ0v) is 11.8. The molecule has 1 heterocycles. The molecule has 1 aliphatic heterocycles. The van der Waals surface area contributed by atoms with Gasteiger partial charge in [0, 0.05) is 18.2 Å². The summed E-state index contributed by atoms with van der Waals surface area (Å²) in [6.45, 7) is 0.168. The lowest BCUT2D eigenvalue weighted by Gasteiger charge is -2.33. The van der Waals surface area contributed by atoms with Crippen LogP contribution >= 0.6 is 0 Å². The van der Waals surface area contributed by atoms with E-state index in [4.69, 9.17) is 0 Å². The van der Waals surface area contributed by atoms with Crippen molar-refractivity contribution in [1.82, 2.24) is 4.90 Å². The van der Waals surface area contributed by atoms with E-state index in [1.807, 2.05) is 4.90 Å². The molecule has 114 valence electrons. The lowest BCUT2D eigenvalue weighted by atomic mass is 9.84. The Kier molecular flexibility index (Phi) is 3.93. The van der Waals surface area contributed by atoms with Crippen molar-refractivity contribution in [2.24, 2.45) is 5.92 Å². The predicted octanol–water partition coefficient (Wildman–Crippen LogP) is 3.18. The van der Waals surface area contributed by atoms with Crippen molar-refractivity contribution in [3.63, 3.8) is 0 Å². The average Bonchev–Trinajstić information content (AvgIpc) is 2.82. The van der Waals surface area contributed by atoms with Crippen LogP contribution in [-0.2, 0) is 11.3 Å². The van der Waals surface area contributed by atoms with Crippen LogP contribution in [0.25, 0.3) is 0 Å². The molecule has 1 N–H and O–H groups in total. The van der Waals surface area contributed by atoms with Crippen LogP contribution in [0, 0.1) is 17.6 Å². The Morgan fingerprint density at radius 1 is 1.29 bits per heavy atom. The molecular formula is C16H19F2NO2. The highest BCUT2D eigenvalue weighted by Gasteiger charge is 2.45. The minimum absolute atomic E-state index is 0.168. The summed E-state index contributed by atoms with van der Waals surface area (Å²) in [6, 6.07) is 2.96. The standard InChI is InChI=1S/C16H19F2NO2/c17-12-5-6-13(18)11(7-12)9-19-14-4-2-1-3-10(14)8-15(19)16(20)21/h5-7,10,14-15H,1-4,8-9H2,(H,20,21)/t10-,14+,15+/m1/s1. The third-order valence-corrected chi connectivity index (χ3v) is 4.87. The number of carboxylic acid groups (broad SMARTS) is 1. The molecule has 0 spiro atoms. The highest BCUT2D eigenvalue weighted by Crippen LogP contribution is 2.40. The lowest BCUT2D eigenvalue weighted by Crippen LogP contribution is -2.41. The minimum Gasteiger partial charge on any atom is -0.480 e. The lowest BCUT2D eigenvalue weighted by molar-refractivity contribution is -0.142. The summed E-state index contributed by atoms with van der Waals surface area (Å²) in [5.74, 6) is -1.45. The molecule has 5 heteroatoms. The average molecular weight is 295 g/mol. The molecule has 0 aromatic heterocycles. The fourth-order valence-electron chi connectivity index (χ4n) is 3.88. The number of hydrogen-bond acceptors (Lipinski definition) is 2. The van der Waals surface area contributed by atoms with Gasteiger partial charge in [-0.2, -0.15) is 0 Å². The molecule has 1 saturated carbocycles. The molecule has 21 heavy (non-hydrogen) atoms. The van der Waals surface area contributed by atoms with E-state index in [0.29, 0.717) is 12.3 Å². The summed E-state index contributed by atoms with van der Waals surface area (Å²) in [5.41, 5.74) is 0.243. The van der Waals surface area contributed by atoms with Gasteiger partial charge in [0.25, 0.3) is 0 Å². The Labute approximate surface area is 122 Å². The van der Waals surface area contributed by atoms with Crippen molar-refractivity contribution in [1.29, 1.82) is 0 Å². The third kappa shape index (κ3) is 2.79. The van der Waals surface area contributed by atoms with Crippen molar-refractivity contribution < 1.29 is 18.7 Å². The summed E-state index contributed by atoms with van der Waals surface area (Å²) >= 11 is 0. The topological polar surface area (TPSA) is 40.5 Å². The zero-order chi connectivity index (χ0) is 15.0. The first-order valence-electron chi connectivity index (χ1n) is 7.48. The summed E-state index contributed by atoms with van der Waals surface area (Å²) in [4.78, 5) is 13.4. The van der Waals surface area contributed by atoms with Gasteiger partial charge in [-0.05, 0) is 43.4 Å². The van der Waals surface area contributed by atoms with Crippen molar-refractivity contribution >= 4 is 5.97 Å². The van der Waals surface area contributed by atoms with E-state index in [9.17, 15) is 18.7 Å². The fraction of sp³-hybridized carbons (Fsp3) is 0.562. The van der Waals surface area contributed by atoms with Crippen LogP contribution in [0.15, 0.2) is 18.2 Å². The molecule has 2 fully saturated rings. The van der Waals surface area contributed by atoms with Gasteiger partial charge in [-0.15, -0.1) is 0 Å². The second-order valence-electron chi connectivity index (χ2n) is 6.11. The third-order valence-electron chi connectivity index (χ3n) is 4.87. The Hall–Kier alpha value is -1.49. The highest BCUT2D eigenvalue weighted by atomic mass is 19.1. The van der Waals surface area contributed by atoms with Crippen LogP contribution < -0.4 is 0 Å². The largest absolute Gasteiger partial charge is 0.480 e. The Morgan fingerprint density at radius 3 is 2.81 bits per heavy atom. The van der Waals surface area contributed by atoms with E-state index in [0.717, 1.165) is 37.8 Å². The molecule has 3 rings (SSSR count). The van der Waals surface area contributed by atoms with E-state index in [-0.39, 0.29) is 18.2 Å². The van der Waals surface area contributed by atoms with Crippen molar-refractivity contribution in [2.45, 2.75) is 50.7 Å². The molecule has 1 saturated heterocycles. The van der Waals surface area contributed by atoms with E-state index < -0.39 is 23.6 Å². The quantitative estimate of drug-likeness (QED) is 0.931. The predicted molar refractivity (Wildman–Crippen MR) is 73.7 cm³/mol. The number of nitrogens with zero attached hydrogens (tertiary/aromatic N) is 1. The molecule has 0 radical (unpaired) electrons. The SMILES string of the molecule is O=C(O)[C@@H]1C[C@H]2CCCC[C@@H]2N1Cc1cc(F)ccc1F. The number of likely N-dealkylation sites (tertiary alicyclic amines) is 1. The Bertz CT molecular complexity index is 549. The number of carboxylic acids is 1. The highest BCUT2D eigenvalue weighted by molar-refractivity contribution is 5.74. The summed E-state index contributed by atoms with van der Waals surface area (Å²) in [6.07, 6.45) is 4.82. The molecule has 3 atom stereocenters. The molecule has 0 amide bonds. The first-order chi connectivity index (χ1) is 10.1. The summed E-state index contributed by atoms with van der Waals surface area (Å²) in [7, 11) is 0. The van der Waals surface area contributed by atoms with Crippen molar-refractivity contribution in [3.05, 3.63) is 35.4 Å². The number of hydrogen-bond donors (Lipinski definition) is 1. The normalized spacial score (nSPS) is 29.3. The van der Waals surface area contributed by atoms with Crippen molar-refractivity contribution in [2.75, 3.05) is 0 Å². The van der Waals surface area contributed by atoms with Gasteiger partial charge in [-0.25, -0.2) is 8.78 Å². The molecule has 1 aromatic carbocycles. The maximum Gasteiger partial charge on any atom is 0.320 e. The number of halogens is 2. The number of fused-ring (bicyclic) bond motifs is 1. The smallest absolute Gasteiger partial charge is 0.320 e. The molecule has 0 bridgehead atoms. The number of carbonyl (C=O) groups is 1. The van der Waals surface area contributed by atoms with Gasteiger partial charge in [0.2, 0.25) is 0 Å². The molecule has 1 aromatic rings. The number of rotatable bonds is 3. The van der Waals surface area contributed by atoms with E-state index >= 15 is 0 Å². The van der Waals surface area contributed by atoms with Crippen LogP contribution in [-0.4, -0.2) is 28.1 Å². The maximum absolute atomic E-state index is 13.8. The van der Waals surface area contributed by atoms with Crippen LogP contribution in [0.4, 0.5) is 8.78 Å². The Morgan fingerprint density at radius 2 is 2.05 bits per heavy atom. The monoisotopic (exact) mass is 295 g/mol. The number of aliphatic carboxylic acids is 1. The van der Waals surface area contributed by atoms with E-state index in [2.05, 4.69) is 0 Å². The Balaban J connectivity index is 1.86. The summed E-state index contributed by atoms with van der Waals surface area (Å²) in [5, 5.41) is 9.42. The fourth-order valence-corrected chi connectivity index (χ4v) is 3.88. The first-order valence-corrected chi connectivity index (χ1v) is 7.48. The second kappa shape index (κ2) is 5.72. The molecule has 1 aliphatic carbocycles.